The van der Waals surface area contributed by atoms with E-state index < -0.39 is 0 Å². The predicted molar refractivity (Wildman–Crippen MR) is 138 cm³/mol. The van der Waals surface area contributed by atoms with Crippen LogP contribution in [0.15, 0.2) is 45.7 Å². The van der Waals surface area contributed by atoms with E-state index in [0.717, 1.165) is 28.2 Å². The van der Waals surface area contributed by atoms with Crippen LogP contribution in [-0.2, 0) is 0 Å². The maximum absolute atomic E-state index is 13.4. The number of hydrogen-bond acceptors (Lipinski definition) is 6. The van der Waals surface area contributed by atoms with E-state index in [-0.39, 0.29) is 11.5 Å². The van der Waals surface area contributed by atoms with Crippen LogP contribution in [0.1, 0.15) is 41.0 Å². The molecule has 0 unspecified atom stereocenters. The van der Waals surface area contributed by atoms with Crippen molar-refractivity contribution in [2.75, 3.05) is 17.7 Å². The Morgan fingerprint density at radius 3 is 2.59 bits per heavy atom. The molecule has 0 fully saturated rings. The first-order valence-electron chi connectivity index (χ1n) is 10.9. The standard InChI is InChI=1S/C26H26ClN5O2/c1-13-8-18(15(3)31-20-6-7-23(27)32-16(20)4)26-19(9-13)24(33)14(2)25(34-26)17-10-21(29-5)22(11-28)30-12-17/h6-12,15,28-29,31H,1-5H3/p+1/t15-/m1/s1. The SMILES string of the molecule is CNc1cc(-c2oc3c([C@@H](C)Nc4ccc(Cl)nc4C)cc(C)cc3c(=O)c2C)cnc1C=[NH2+]. The normalized spacial score (nSPS) is 11.9. The second kappa shape index (κ2) is 9.27. The molecule has 7 nitrogen and oxygen atoms in total. The van der Waals surface area contributed by atoms with Crippen molar-refractivity contribution in [2.24, 2.45) is 0 Å². The molecule has 0 radical (unpaired) electrons. The average molecular weight is 477 g/mol. The van der Waals surface area contributed by atoms with Crippen LogP contribution in [0.5, 0.6) is 0 Å². The third-order valence-corrected chi connectivity index (χ3v) is 6.10. The van der Waals surface area contributed by atoms with Crippen molar-refractivity contribution in [1.29, 1.82) is 0 Å². The van der Waals surface area contributed by atoms with Gasteiger partial charge in [0.1, 0.15) is 22.2 Å². The van der Waals surface area contributed by atoms with Crippen molar-refractivity contribution < 1.29 is 9.83 Å². The molecule has 1 aromatic carbocycles. The largest absolute Gasteiger partial charge is 0.455 e. The molecule has 3 heterocycles. The number of aryl methyl sites for hydroxylation is 2. The summed E-state index contributed by atoms with van der Waals surface area (Å²) in [5.41, 5.74) is 6.54. The molecule has 0 aliphatic heterocycles. The first-order valence-corrected chi connectivity index (χ1v) is 11.3. The maximum Gasteiger partial charge on any atom is 0.196 e. The Bertz CT molecular complexity index is 1480. The lowest BCUT2D eigenvalue weighted by Crippen LogP contribution is -2.30. The smallest absolute Gasteiger partial charge is 0.196 e. The zero-order chi connectivity index (χ0) is 24.6. The minimum atomic E-state index is -0.164. The van der Waals surface area contributed by atoms with Crippen LogP contribution in [0.3, 0.4) is 0 Å². The number of nitrogens with zero attached hydrogens (tertiary/aromatic N) is 2. The van der Waals surface area contributed by atoms with Gasteiger partial charge >= 0.3 is 0 Å². The molecule has 0 saturated carbocycles. The van der Waals surface area contributed by atoms with Gasteiger partial charge in [0.25, 0.3) is 0 Å². The number of halogens is 1. The van der Waals surface area contributed by atoms with E-state index in [0.29, 0.717) is 38.7 Å². The highest BCUT2D eigenvalue weighted by atomic mass is 35.5. The summed E-state index contributed by atoms with van der Waals surface area (Å²) in [5.74, 6) is 0.478. The van der Waals surface area contributed by atoms with Gasteiger partial charge in [-0.05, 0) is 57.5 Å². The van der Waals surface area contributed by atoms with E-state index in [9.17, 15) is 4.79 Å². The number of hydrogen-bond donors (Lipinski definition) is 3. The molecular weight excluding hydrogens is 450 g/mol. The Morgan fingerprint density at radius 2 is 1.91 bits per heavy atom. The molecule has 0 spiro atoms. The summed E-state index contributed by atoms with van der Waals surface area (Å²) < 4.78 is 6.44. The number of pyridine rings is 2. The number of aromatic nitrogens is 2. The van der Waals surface area contributed by atoms with E-state index in [1.165, 1.54) is 6.21 Å². The fourth-order valence-corrected chi connectivity index (χ4v) is 4.28. The van der Waals surface area contributed by atoms with Gasteiger partial charge in [-0.1, -0.05) is 17.7 Å². The van der Waals surface area contributed by atoms with Gasteiger partial charge in [-0.15, -0.1) is 0 Å². The summed E-state index contributed by atoms with van der Waals surface area (Å²) in [6.45, 7) is 7.66. The monoisotopic (exact) mass is 476 g/mol. The number of nitrogens with one attached hydrogen (secondary N) is 2. The highest BCUT2D eigenvalue weighted by Crippen LogP contribution is 2.33. The maximum atomic E-state index is 13.4. The summed E-state index contributed by atoms with van der Waals surface area (Å²) >= 11 is 6.01. The molecule has 4 aromatic rings. The summed E-state index contributed by atoms with van der Waals surface area (Å²) in [7, 11) is 1.79. The van der Waals surface area contributed by atoms with Gasteiger partial charge in [-0.2, -0.15) is 0 Å². The van der Waals surface area contributed by atoms with Crippen molar-refractivity contribution in [2.45, 2.75) is 33.7 Å². The number of benzene rings is 1. The van der Waals surface area contributed by atoms with E-state index >= 15 is 0 Å². The quantitative estimate of drug-likeness (QED) is 0.284. The van der Waals surface area contributed by atoms with Crippen LogP contribution >= 0.6 is 11.6 Å². The molecule has 0 saturated heterocycles. The molecule has 4 rings (SSSR count). The molecule has 0 amide bonds. The Hall–Kier alpha value is -3.71. The first kappa shape index (κ1) is 23.4. The van der Waals surface area contributed by atoms with Crippen LogP contribution in [0.25, 0.3) is 22.3 Å². The third-order valence-electron chi connectivity index (χ3n) is 5.89. The second-order valence-corrected chi connectivity index (χ2v) is 8.71. The molecule has 8 heteroatoms. The van der Waals surface area contributed by atoms with Gasteiger partial charge in [0.15, 0.2) is 11.6 Å². The number of nitrogens with two attached hydrogens (primary N) is 1. The zero-order valence-corrected chi connectivity index (χ0v) is 20.5. The molecule has 174 valence electrons. The van der Waals surface area contributed by atoms with Crippen molar-refractivity contribution in [1.82, 2.24) is 9.97 Å². The molecule has 1 atom stereocenters. The Balaban J connectivity index is 1.89. The minimum absolute atomic E-state index is 0.0711. The van der Waals surface area contributed by atoms with Crippen LogP contribution in [0.2, 0.25) is 5.15 Å². The second-order valence-electron chi connectivity index (χ2n) is 8.32. The fraction of sp³-hybridized carbons (Fsp3) is 0.231. The molecule has 0 aliphatic rings. The van der Waals surface area contributed by atoms with Crippen LogP contribution in [0.4, 0.5) is 11.4 Å². The summed E-state index contributed by atoms with van der Waals surface area (Å²) in [4.78, 5) is 22.1. The summed E-state index contributed by atoms with van der Waals surface area (Å²) in [6.07, 6.45) is 3.09. The molecule has 0 bridgehead atoms. The van der Waals surface area contributed by atoms with Gasteiger partial charge in [-0.3, -0.25) is 10.2 Å². The van der Waals surface area contributed by atoms with E-state index in [4.69, 9.17) is 21.4 Å². The lowest BCUT2D eigenvalue weighted by molar-refractivity contribution is -0.104. The molecular formula is C26H27ClN5O2+. The van der Waals surface area contributed by atoms with Crippen LogP contribution in [-0.4, -0.2) is 23.2 Å². The molecule has 0 aliphatic carbocycles. The van der Waals surface area contributed by atoms with E-state index in [1.54, 1.807) is 26.2 Å². The third kappa shape index (κ3) is 4.26. The highest BCUT2D eigenvalue weighted by Gasteiger charge is 2.20. The Labute approximate surface area is 202 Å². The predicted octanol–water partition coefficient (Wildman–Crippen LogP) is 4.22. The number of fused-ring (bicyclic) bond motifs is 1. The van der Waals surface area contributed by atoms with Crippen LogP contribution < -0.4 is 21.5 Å². The zero-order valence-electron chi connectivity index (χ0n) is 19.8. The molecule has 3 aromatic heterocycles. The van der Waals surface area contributed by atoms with Gasteiger partial charge in [0.05, 0.1) is 28.5 Å². The summed E-state index contributed by atoms with van der Waals surface area (Å²) in [6, 6.07) is 9.25. The minimum Gasteiger partial charge on any atom is -0.455 e. The number of anilines is 2. The van der Waals surface area contributed by atoms with Gasteiger partial charge < -0.3 is 15.1 Å². The summed E-state index contributed by atoms with van der Waals surface area (Å²) in [5, 5.41) is 13.2. The lowest BCUT2D eigenvalue weighted by Gasteiger charge is -2.20. The van der Waals surface area contributed by atoms with Gasteiger partial charge in [-0.25, -0.2) is 9.97 Å². The fourth-order valence-electron chi connectivity index (χ4n) is 4.09. The van der Waals surface area contributed by atoms with Crippen molar-refractivity contribution in [3.63, 3.8) is 0 Å². The van der Waals surface area contributed by atoms with Crippen molar-refractivity contribution >= 4 is 40.2 Å². The van der Waals surface area contributed by atoms with Gasteiger partial charge in [0, 0.05) is 29.9 Å². The van der Waals surface area contributed by atoms with Gasteiger partial charge in [0.2, 0.25) is 0 Å². The molecule has 4 N–H and O–H groups in total. The topological polar surface area (TPSA) is 106 Å². The van der Waals surface area contributed by atoms with Crippen LogP contribution in [0, 0.1) is 20.8 Å². The highest BCUT2D eigenvalue weighted by molar-refractivity contribution is 6.29. The van der Waals surface area contributed by atoms with Crippen molar-refractivity contribution in [3.8, 4) is 11.3 Å². The number of rotatable bonds is 6. The molecule has 34 heavy (non-hydrogen) atoms. The first-order chi connectivity index (χ1) is 16.2. The lowest BCUT2D eigenvalue weighted by atomic mass is 9.99. The Kier molecular flexibility index (Phi) is 6.39. The van der Waals surface area contributed by atoms with E-state index in [1.807, 2.05) is 45.0 Å². The average Bonchev–Trinajstić information content (AvgIpc) is 2.82. The Morgan fingerprint density at radius 1 is 1.15 bits per heavy atom. The van der Waals surface area contributed by atoms with Crippen molar-refractivity contribution in [3.05, 3.63) is 80.0 Å². The van der Waals surface area contributed by atoms with E-state index in [2.05, 4.69) is 20.6 Å².